The average molecular weight is 267 g/mol. The molecule has 0 aromatic carbocycles. The third kappa shape index (κ3) is 4.18. The van der Waals surface area contributed by atoms with Crippen LogP contribution in [0, 0.1) is 0 Å². The standard InChI is InChI=1S/C15H29N3O/c1-15(14(16)19,17-12-8-9-12)10-3-4-11-18(2)13-6-5-7-13/h12-13,17H,3-11H2,1-2H3,(H2,16,19). The minimum Gasteiger partial charge on any atom is -0.368 e. The molecule has 19 heavy (non-hydrogen) atoms. The van der Waals surface area contributed by atoms with E-state index in [1.807, 2.05) is 6.92 Å². The fourth-order valence-corrected chi connectivity index (χ4v) is 2.79. The predicted octanol–water partition coefficient (Wildman–Crippen LogP) is 1.64. The summed E-state index contributed by atoms with van der Waals surface area (Å²) in [5, 5.41) is 3.41. The molecule has 0 aromatic heterocycles. The third-order valence-electron chi connectivity index (χ3n) is 4.78. The van der Waals surface area contributed by atoms with Gasteiger partial charge in [0, 0.05) is 12.1 Å². The van der Waals surface area contributed by atoms with Gasteiger partial charge in [-0.1, -0.05) is 6.42 Å². The zero-order chi connectivity index (χ0) is 13.9. The Hall–Kier alpha value is -0.610. The Morgan fingerprint density at radius 1 is 1.32 bits per heavy atom. The van der Waals surface area contributed by atoms with Crippen LogP contribution in [0.3, 0.4) is 0 Å². The molecule has 2 fully saturated rings. The highest BCUT2D eigenvalue weighted by molar-refractivity contribution is 5.84. The van der Waals surface area contributed by atoms with E-state index in [9.17, 15) is 4.79 Å². The van der Waals surface area contributed by atoms with Crippen molar-refractivity contribution in [2.75, 3.05) is 13.6 Å². The van der Waals surface area contributed by atoms with E-state index in [1.165, 1.54) is 32.1 Å². The second-order valence-corrected chi connectivity index (χ2v) is 6.64. The van der Waals surface area contributed by atoms with Crippen molar-refractivity contribution in [1.29, 1.82) is 0 Å². The van der Waals surface area contributed by atoms with Gasteiger partial charge in [0.05, 0.1) is 5.54 Å². The van der Waals surface area contributed by atoms with Gasteiger partial charge in [-0.15, -0.1) is 0 Å². The van der Waals surface area contributed by atoms with E-state index in [-0.39, 0.29) is 5.91 Å². The molecule has 0 heterocycles. The first kappa shape index (κ1) is 14.8. The lowest BCUT2D eigenvalue weighted by Gasteiger charge is -2.35. The molecule has 0 spiro atoms. The number of hydrogen-bond acceptors (Lipinski definition) is 3. The smallest absolute Gasteiger partial charge is 0.237 e. The van der Waals surface area contributed by atoms with E-state index >= 15 is 0 Å². The molecule has 2 aliphatic carbocycles. The predicted molar refractivity (Wildman–Crippen MR) is 77.9 cm³/mol. The van der Waals surface area contributed by atoms with Crippen molar-refractivity contribution in [3.05, 3.63) is 0 Å². The SMILES string of the molecule is CN(CCCCC(C)(NC1CC1)C(N)=O)C1CCC1. The number of nitrogens with one attached hydrogen (secondary N) is 1. The molecule has 3 N–H and O–H groups in total. The van der Waals surface area contributed by atoms with E-state index in [1.54, 1.807) is 0 Å². The number of carbonyl (C=O) groups excluding carboxylic acids is 1. The Kier molecular flexibility index (Phi) is 4.85. The first-order chi connectivity index (χ1) is 9.01. The van der Waals surface area contributed by atoms with Gasteiger partial charge in [0.25, 0.3) is 0 Å². The second kappa shape index (κ2) is 6.23. The Morgan fingerprint density at radius 3 is 2.47 bits per heavy atom. The molecule has 0 saturated heterocycles. The van der Waals surface area contributed by atoms with Crippen LogP contribution in [-0.4, -0.2) is 42.0 Å². The summed E-state index contributed by atoms with van der Waals surface area (Å²) in [4.78, 5) is 14.1. The number of hydrogen-bond donors (Lipinski definition) is 2. The first-order valence-electron chi connectivity index (χ1n) is 7.79. The molecule has 1 amide bonds. The van der Waals surface area contributed by atoms with Crippen LogP contribution < -0.4 is 11.1 Å². The van der Waals surface area contributed by atoms with E-state index in [2.05, 4.69) is 17.3 Å². The number of unbranched alkanes of at least 4 members (excludes halogenated alkanes) is 1. The van der Waals surface area contributed by atoms with Crippen molar-refractivity contribution in [3.63, 3.8) is 0 Å². The topological polar surface area (TPSA) is 58.4 Å². The number of nitrogens with zero attached hydrogens (tertiary/aromatic N) is 1. The maximum absolute atomic E-state index is 11.6. The molecule has 4 heteroatoms. The van der Waals surface area contributed by atoms with Crippen molar-refractivity contribution in [3.8, 4) is 0 Å². The maximum Gasteiger partial charge on any atom is 0.237 e. The van der Waals surface area contributed by atoms with Crippen LogP contribution in [0.4, 0.5) is 0 Å². The van der Waals surface area contributed by atoms with Crippen LogP contribution in [0.1, 0.15) is 58.3 Å². The van der Waals surface area contributed by atoms with Gasteiger partial charge in [-0.3, -0.25) is 4.79 Å². The number of rotatable bonds is 9. The summed E-state index contributed by atoms with van der Waals surface area (Å²) in [6.45, 7) is 3.10. The van der Waals surface area contributed by atoms with Gasteiger partial charge in [0.2, 0.25) is 5.91 Å². The van der Waals surface area contributed by atoms with Gasteiger partial charge in [-0.25, -0.2) is 0 Å². The summed E-state index contributed by atoms with van der Waals surface area (Å²) in [5.41, 5.74) is 5.05. The highest BCUT2D eigenvalue weighted by atomic mass is 16.1. The fraction of sp³-hybridized carbons (Fsp3) is 0.933. The van der Waals surface area contributed by atoms with E-state index in [0.29, 0.717) is 6.04 Å². The zero-order valence-corrected chi connectivity index (χ0v) is 12.5. The number of carbonyl (C=O) groups is 1. The average Bonchev–Trinajstić information content (AvgIpc) is 3.05. The molecule has 1 atom stereocenters. The largest absolute Gasteiger partial charge is 0.368 e. The van der Waals surface area contributed by atoms with Crippen LogP contribution in [0.25, 0.3) is 0 Å². The molecule has 0 bridgehead atoms. The van der Waals surface area contributed by atoms with Crippen LogP contribution in [-0.2, 0) is 4.79 Å². The maximum atomic E-state index is 11.6. The molecule has 2 saturated carbocycles. The quantitative estimate of drug-likeness (QED) is 0.624. The summed E-state index contributed by atoms with van der Waals surface area (Å²) in [7, 11) is 2.22. The Labute approximate surface area is 117 Å². The minimum atomic E-state index is -0.504. The van der Waals surface area contributed by atoms with Crippen LogP contribution >= 0.6 is 0 Å². The van der Waals surface area contributed by atoms with Gasteiger partial charge < -0.3 is 16.0 Å². The number of nitrogens with two attached hydrogens (primary N) is 1. The summed E-state index contributed by atoms with van der Waals surface area (Å²) in [6.07, 6.45) is 9.56. The van der Waals surface area contributed by atoms with Crippen molar-refractivity contribution < 1.29 is 4.79 Å². The molecule has 110 valence electrons. The lowest BCUT2D eigenvalue weighted by atomic mass is 9.91. The monoisotopic (exact) mass is 267 g/mol. The highest BCUT2D eigenvalue weighted by Gasteiger charge is 2.36. The molecular formula is C15H29N3O. The van der Waals surface area contributed by atoms with Gasteiger partial charge in [0.15, 0.2) is 0 Å². The van der Waals surface area contributed by atoms with Gasteiger partial charge in [-0.05, 0) is 65.5 Å². The first-order valence-corrected chi connectivity index (χ1v) is 7.79. The van der Waals surface area contributed by atoms with Crippen molar-refractivity contribution >= 4 is 5.91 Å². The van der Waals surface area contributed by atoms with Gasteiger partial charge in [-0.2, -0.15) is 0 Å². The van der Waals surface area contributed by atoms with Crippen molar-refractivity contribution in [1.82, 2.24) is 10.2 Å². The molecule has 0 radical (unpaired) electrons. The fourth-order valence-electron chi connectivity index (χ4n) is 2.79. The highest BCUT2D eigenvalue weighted by Crippen LogP contribution is 2.26. The Bertz CT molecular complexity index is 313. The minimum absolute atomic E-state index is 0.202. The summed E-state index contributed by atoms with van der Waals surface area (Å²) < 4.78 is 0. The summed E-state index contributed by atoms with van der Waals surface area (Å²) in [6, 6.07) is 1.34. The van der Waals surface area contributed by atoms with Crippen LogP contribution in [0.5, 0.6) is 0 Å². The normalized spacial score (nSPS) is 23.1. The zero-order valence-electron chi connectivity index (χ0n) is 12.5. The van der Waals surface area contributed by atoms with Gasteiger partial charge >= 0.3 is 0 Å². The van der Waals surface area contributed by atoms with E-state index < -0.39 is 5.54 Å². The lowest BCUT2D eigenvalue weighted by molar-refractivity contribution is -0.124. The third-order valence-corrected chi connectivity index (χ3v) is 4.78. The molecule has 1 unspecified atom stereocenters. The Balaban J connectivity index is 1.65. The van der Waals surface area contributed by atoms with Gasteiger partial charge in [0.1, 0.15) is 0 Å². The summed E-state index contributed by atoms with van der Waals surface area (Å²) in [5.74, 6) is -0.202. The van der Waals surface area contributed by atoms with Crippen LogP contribution in [0.15, 0.2) is 0 Å². The summed E-state index contributed by atoms with van der Waals surface area (Å²) >= 11 is 0. The molecule has 2 rings (SSSR count). The molecule has 2 aliphatic rings. The van der Waals surface area contributed by atoms with Crippen molar-refractivity contribution in [2.45, 2.75) is 75.9 Å². The Morgan fingerprint density at radius 2 is 2.00 bits per heavy atom. The van der Waals surface area contributed by atoms with Crippen molar-refractivity contribution in [2.24, 2.45) is 5.73 Å². The number of amides is 1. The second-order valence-electron chi connectivity index (χ2n) is 6.64. The molecule has 0 aromatic rings. The lowest BCUT2D eigenvalue weighted by Crippen LogP contribution is -2.54. The van der Waals surface area contributed by atoms with E-state index in [0.717, 1.165) is 31.8 Å². The molecule has 4 nitrogen and oxygen atoms in total. The molecule has 0 aliphatic heterocycles. The molecular weight excluding hydrogens is 238 g/mol. The van der Waals surface area contributed by atoms with Crippen LogP contribution in [0.2, 0.25) is 0 Å². The number of primary amides is 1. The van der Waals surface area contributed by atoms with E-state index in [4.69, 9.17) is 5.73 Å².